The van der Waals surface area contributed by atoms with Crippen LogP contribution in [0.4, 0.5) is 4.39 Å². The van der Waals surface area contributed by atoms with Gasteiger partial charge in [0.05, 0.1) is 33.5 Å². The zero-order valence-corrected chi connectivity index (χ0v) is 18.2. The molecule has 0 unspecified atom stereocenters. The van der Waals surface area contributed by atoms with Gasteiger partial charge in [0.15, 0.2) is 0 Å². The van der Waals surface area contributed by atoms with E-state index in [1.165, 1.54) is 16.8 Å². The van der Waals surface area contributed by atoms with Gasteiger partial charge >= 0.3 is 0 Å². The maximum absolute atomic E-state index is 13.4. The van der Waals surface area contributed by atoms with E-state index in [0.717, 1.165) is 0 Å². The highest BCUT2D eigenvalue weighted by Crippen LogP contribution is 2.20. The van der Waals surface area contributed by atoms with Crippen molar-refractivity contribution in [3.8, 4) is 17.1 Å². The van der Waals surface area contributed by atoms with Crippen molar-refractivity contribution in [2.45, 2.75) is 13.5 Å². The van der Waals surface area contributed by atoms with Gasteiger partial charge in [0, 0.05) is 6.07 Å². The monoisotopic (exact) mass is 461 g/mol. The first kappa shape index (κ1) is 20.8. The summed E-state index contributed by atoms with van der Waals surface area (Å²) in [6.07, 6.45) is 1.68. The predicted molar refractivity (Wildman–Crippen MR) is 123 cm³/mol. The summed E-state index contributed by atoms with van der Waals surface area (Å²) in [4.78, 5) is 17.6. The Hall–Kier alpha value is -4.04. The molecular weight excluding hydrogens is 445 g/mol. The molecule has 0 spiro atoms. The molecule has 0 fully saturated rings. The molecule has 2 aromatic heterocycles. The van der Waals surface area contributed by atoms with Gasteiger partial charge in [0.1, 0.15) is 29.7 Å². The number of halogens is 2. The third kappa shape index (κ3) is 4.08. The Labute approximate surface area is 192 Å². The zero-order chi connectivity index (χ0) is 22.9. The van der Waals surface area contributed by atoms with E-state index in [9.17, 15) is 9.18 Å². The molecule has 0 aliphatic carbocycles. The van der Waals surface area contributed by atoms with Crippen LogP contribution in [0.25, 0.3) is 22.3 Å². The van der Waals surface area contributed by atoms with Gasteiger partial charge < -0.3 is 4.74 Å². The highest BCUT2D eigenvalue weighted by Gasteiger charge is 2.11. The molecule has 0 radical (unpaired) electrons. The number of aryl methyl sites for hydroxylation is 1. The zero-order valence-electron chi connectivity index (χ0n) is 17.4. The molecule has 2 heterocycles. The third-order valence-electron chi connectivity index (χ3n) is 5.11. The number of rotatable bonds is 5. The van der Waals surface area contributed by atoms with Gasteiger partial charge in [0.25, 0.3) is 5.56 Å². The lowest BCUT2D eigenvalue weighted by atomic mass is 10.2. The second-order valence-corrected chi connectivity index (χ2v) is 7.76. The lowest BCUT2D eigenvalue weighted by molar-refractivity contribution is 0.301. The molecule has 5 rings (SSSR count). The third-order valence-corrected chi connectivity index (χ3v) is 5.40. The number of nitrogens with zero attached hydrogens (tertiary/aromatic N) is 5. The quantitative estimate of drug-likeness (QED) is 0.381. The van der Waals surface area contributed by atoms with Crippen molar-refractivity contribution < 1.29 is 9.13 Å². The molecule has 5 aromatic rings. The number of benzene rings is 3. The fraction of sp³-hybridized carbons (Fsp3) is 0.0833. The molecular formula is C24H17ClFN5O2. The van der Waals surface area contributed by atoms with E-state index in [1.807, 2.05) is 30.3 Å². The van der Waals surface area contributed by atoms with E-state index < -0.39 is 5.82 Å². The fourth-order valence-corrected chi connectivity index (χ4v) is 3.71. The topological polar surface area (TPSA) is 74.8 Å². The lowest BCUT2D eigenvalue weighted by Gasteiger charge is -2.12. The second kappa shape index (κ2) is 8.48. The fourth-order valence-electron chi connectivity index (χ4n) is 3.54. The Morgan fingerprint density at radius 3 is 2.73 bits per heavy atom. The Kier molecular flexibility index (Phi) is 5.35. The molecule has 7 nitrogen and oxygen atoms in total. The van der Waals surface area contributed by atoms with E-state index in [2.05, 4.69) is 15.3 Å². The molecule has 0 saturated carbocycles. The van der Waals surface area contributed by atoms with Crippen molar-refractivity contribution in [2.24, 2.45) is 0 Å². The van der Waals surface area contributed by atoms with Crippen LogP contribution >= 0.6 is 11.6 Å². The number of fused-ring (bicyclic) bond motifs is 1. The first-order valence-corrected chi connectivity index (χ1v) is 10.5. The average Bonchev–Trinajstić information content (AvgIpc) is 3.29. The summed E-state index contributed by atoms with van der Waals surface area (Å²) in [5.74, 6) is 0.642. The van der Waals surface area contributed by atoms with Gasteiger partial charge in [-0.05, 0) is 49.4 Å². The molecule has 164 valence electrons. The maximum Gasteiger partial charge on any atom is 0.265 e. The van der Waals surface area contributed by atoms with Crippen molar-refractivity contribution in [3.05, 3.63) is 106 Å². The van der Waals surface area contributed by atoms with Crippen LogP contribution in [0.15, 0.2) is 77.7 Å². The molecule has 33 heavy (non-hydrogen) atoms. The smallest absolute Gasteiger partial charge is 0.265 e. The Bertz CT molecular complexity index is 1550. The van der Waals surface area contributed by atoms with E-state index in [1.54, 1.807) is 42.0 Å². The molecule has 0 amide bonds. The molecule has 9 heteroatoms. The standard InChI is InChI=1S/C24H17ClFN5O2/c1-15-27-23-8-3-2-7-20(23)24(32)31(15)18-5-4-6-19(11-18)33-14-16-13-30(29-28-16)17-9-10-22(26)21(25)12-17/h2-13H,14H2,1H3. The van der Waals surface area contributed by atoms with Gasteiger partial charge in [0.2, 0.25) is 0 Å². The Morgan fingerprint density at radius 2 is 1.88 bits per heavy atom. The van der Waals surface area contributed by atoms with Crippen molar-refractivity contribution >= 4 is 22.5 Å². The minimum Gasteiger partial charge on any atom is -0.487 e. The normalized spacial score (nSPS) is 11.1. The molecule has 0 N–H and O–H groups in total. The van der Waals surface area contributed by atoms with Crippen LogP contribution in [0.1, 0.15) is 11.5 Å². The molecule has 0 saturated heterocycles. The minimum atomic E-state index is -0.500. The summed E-state index contributed by atoms with van der Waals surface area (Å²) in [5.41, 5.74) is 2.32. The number of para-hydroxylation sites is 1. The van der Waals surface area contributed by atoms with Crippen LogP contribution in [0.2, 0.25) is 5.02 Å². The van der Waals surface area contributed by atoms with Gasteiger partial charge in [-0.15, -0.1) is 5.10 Å². The average molecular weight is 462 g/mol. The van der Waals surface area contributed by atoms with Crippen LogP contribution < -0.4 is 10.3 Å². The number of aromatic nitrogens is 5. The van der Waals surface area contributed by atoms with Crippen LogP contribution in [-0.2, 0) is 6.61 Å². The Balaban J connectivity index is 1.38. The van der Waals surface area contributed by atoms with Gasteiger partial charge in [-0.3, -0.25) is 9.36 Å². The molecule has 0 aliphatic rings. The first-order valence-electron chi connectivity index (χ1n) is 10.1. The number of hydrogen-bond donors (Lipinski definition) is 0. The Morgan fingerprint density at radius 1 is 1.03 bits per heavy atom. The van der Waals surface area contributed by atoms with Crippen molar-refractivity contribution in [2.75, 3.05) is 0 Å². The van der Waals surface area contributed by atoms with Crippen molar-refractivity contribution in [1.29, 1.82) is 0 Å². The second-order valence-electron chi connectivity index (χ2n) is 7.36. The highest BCUT2D eigenvalue weighted by atomic mass is 35.5. The summed E-state index contributed by atoms with van der Waals surface area (Å²) in [7, 11) is 0. The van der Waals surface area contributed by atoms with E-state index in [-0.39, 0.29) is 17.2 Å². The summed E-state index contributed by atoms with van der Waals surface area (Å²) >= 11 is 5.84. The van der Waals surface area contributed by atoms with E-state index in [4.69, 9.17) is 16.3 Å². The summed E-state index contributed by atoms with van der Waals surface area (Å²) < 4.78 is 22.3. The highest BCUT2D eigenvalue weighted by molar-refractivity contribution is 6.30. The summed E-state index contributed by atoms with van der Waals surface area (Å²) in [6, 6.07) is 18.8. The summed E-state index contributed by atoms with van der Waals surface area (Å²) in [5, 5.41) is 8.68. The van der Waals surface area contributed by atoms with Crippen LogP contribution in [0.5, 0.6) is 5.75 Å². The first-order chi connectivity index (χ1) is 16.0. The van der Waals surface area contributed by atoms with Crippen LogP contribution in [0, 0.1) is 12.7 Å². The number of hydrogen-bond acceptors (Lipinski definition) is 5. The number of ether oxygens (including phenoxy) is 1. The van der Waals surface area contributed by atoms with Gasteiger partial charge in [-0.25, -0.2) is 14.1 Å². The minimum absolute atomic E-state index is 0.00586. The van der Waals surface area contributed by atoms with Crippen molar-refractivity contribution in [1.82, 2.24) is 24.5 Å². The van der Waals surface area contributed by atoms with Crippen molar-refractivity contribution in [3.63, 3.8) is 0 Å². The summed E-state index contributed by atoms with van der Waals surface area (Å²) in [6.45, 7) is 1.95. The molecule has 0 atom stereocenters. The molecule has 3 aromatic carbocycles. The molecule has 0 bridgehead atoms. The molecule has 0 aliphatic heterocycles. The van der Waals surface area contributed by atoms with Crippen LogP contribution in [-0.4, -0.2) is 24.5 Å². The van der Waals surface area contributed by atoms with Gasteiger partial charge in [-0.1, -0.05) is 35.0 Å². The van der Waals surface area contributed by atoms with Gasteiger partial charge in [-0.2, -0.15) is 0 Å². The largest absolute Gasteiger partial charge is 0.487 e. The SMILES string of the molecule is Cc1nc2ccccc2c(=O)n1-c1cccc(OCc2cn(-c3ccc(F)c(Cl)c3)nn2)c1. The van der Waals surface area contributed by atoms with E-state index in [0.29, 0.717) is 39.5 Å². The van der Waals surface area contributed by atoms with Crippen LogP contribution in [0.3, 0.4) is 0 Å². The predicted octanol–water partition coefficient (Wildman–Crippen LogP) is 4.65. The lowest BCUT2D eigenvalue weighted by Crippen LogP contribution is -2.22. The maximum atomic E-state index is 13.4. The van der Waals surface area contributed by atoms with E-state index >= 15 is 0 Å².